The van der Waals surface area contributed by atoms with Crippen LogP contribution in [0.1, 0.15) is 33.6 Å². The lowest BCUT2D eigenvalue weighted by Crippen LogP contribution is -2.54. The molecule has 0 saturated carbocycles. The number of morpholine rings is 1. The third kappa shape index (κ3) is 4.73. The highest BCUT2D eigenvalue weighted by Crippen LogP contribution is 2.23. The van der Waals surface area contributed by atoms with Gasteiger partial charge in [-0.1, -0.05) is 0 Å². The van der Waals surface area contributed by atoms with Crippen LogP contribution in [0.5, 0.6) is 0 Å². The van der Waals surface area contributed by atoms with Crippen molar-refractivity contribution in [2.45, 2.75) is 45.3 Å². The number of hydrogen-bond acceptors (Lipinski definition) is 3. The monoisotopic (exact) mass is 283 g/mol. The molecule has 0 aromatic rings. The first-order valence-corrected chi connectivity index (χ1v) is 8.13. The molecule has 4 nitrogen and oxygen atoms in total. The Morgan fingerprint density at radius 3 is 2.59 bits per heavy atom. The van der Waals surface area contributed by atoms with Gasteiger partial charge >= 0.3 is 0 Å². The minimum absolute atomic E-state index is 0.0541. The van der Waals surface area contributed by atoms with E-state index in [1.54, 1.807) is 4.31 Å². The van der Waals surface area contributed by atoms with E-state index in [2.05, 4.69) is 0 Å². The van der Waals surface area contributed by atoms with Gasteiger partial charge in [-0.25, -0.2) is 8.42 Å². The molecule has 0 spiro atoms. The molecule has 1 aliphatic heterocycles. The number of nitrogens with zero attached hydrogens (tertiary/aromatic N) is 1. The largest absolute Gasteiger partial charge is 0.370 e. The Hall–Kier alpha value is 0.160. The van der Waals surface area contributed by atoms with Gasteiger partial charge in [-0.05, 0) is 33.6 Å². The smallest absolute Gasteiger partial charge is 0.214 e. The Labute approximate surface area is 109 Å². The van der Waals surface area contributed by atoms with Crippen molar-refractivity contribution >= 4 is 21.6 Å². The van der Waals surface area contributed by atoms with E-state index in [4.69, 9.17) is 16.3 Å². The summed E-state index contributed by atoms with van der Waals surface area (Å²) in [6.45, 7) is 6.63. The molecule has 1 heterocycles. The van der Waals surface area contributed by atoms with E-state index in [1.807, 2.05) is 20.8 Å². The number of unbranched alkanes of at least 4 members (excludes halogenated alkanes) is 1. The molecule has 0 bridgehead atoms. The van der Waals surface area contributed by atoms with Gasteiger partial charge in [0.25, 0.3) is 0 Å². The molecule has 0 radical (unpaired) electrons. The van der Waals surface area contributed by atoms with E-state index in [9.17, 15) is 8.42 Å². The molecule has 1 aliphatic rings. The first-order valence-electron chi connectivity index (χ1n) is 5.98. The van der Waals surface area contributed by atoms with Gasteiger partial charge in [0.2, 0.25) is 10.0 Å². The van der Waals surface area contributed by atoms with Crippen LogP contribution in [0.4, 0.5) is 0 Å². The topological polar surface area (TPSA) is 46.6 Å². The van der Waals surface area contributed by atoms with Gasteiger partial charge in [-0.3, -0.25) is 0 Å². The first kappa shape index (κ1) is 15.2. The molecule has 1 fully saturated rings. The molecule has 1 saturated heterocycles. The molecule has 0 aromatic carbocycles. The fourth-order valence-corrected chi connectivity index (χ4v) is 4.08. The van der Waals surface area contributed by atoms with Gasteiger partial charge in [-0.15, -0.1) is 11.6 Å². The van der Waals surface area contributed by atoms with Crippen molar-refractivity contribution in [3.8, 4) is 0 Å². The van der Waals surface area contributed by atoms with E-state index in [0.717, 1.165) is 6.42 Å². The molecular formula is C11H22ClNO3S. The van der Waals surface area contributed by atoms with Gasteiger partial charge in [0.1, 0.15) is 0 Å². The maximum atomic E-state index is 12.1. The number of halogens is 1. The average molecular weight is 284 g/mol. The Kier molecular flexibility index (Phi) is 5.25. The fourth-order valence-electron chi connectivity index (χ4n) is 2.12. The maximum Gasteiger partial charge on any atom is 0.214 e. The summed E-state index contributed by atoms with van der Waals surface area (Å²) in [6, 6.07) is 0. The number of rotatable bonds is 5. The van der Waals surface area contributed by atoms with Gasteiger partial charge < -0.3 is 4.74 Å². The van der Waals surface area contributed by atoms with Gasteiger partial charge in [0, 0.05) is 19.0 Å². The van der Waals surface area contributed by atoms with Crippen molar-refractivity contribution in [3.05, 3.63) is 0 Å². The molecule has 1 atom stereocenters. The van der Waals surface area contributed by atoms with Crippen LogP contribution in [-0.4, -0.2) is 49.2 Å². The Bertz CT molecular complexity index is 343. The highest BCUT2D eigenvalue weighted by Gasteiger charge is 2.36. The van der Waals surface area contributed by atoms with Crippen molar-refractivity contribution in [2.24, 2.45) is 0 Å². The third-order valence-electron chi connectivity index (χ3n) is 2.72. The Morgan fingerprint density at radius 1 is 1.41 bits per heavy atom. The standard InChI is InChI=1S/C11H22ClNO3S/c1-10-8-13(9-11(2,3)16-10)17(14,15)7-5-4-6-12/h10H,4-9H2,1-3H3. The summed E-state index contributed by atoms with van der Waals surface area (Å²) >= 11 is 5.56. The van der Waals surface area contributed by atoms with Crippen molar-refractivity contribution < 1.29 is 13.2 Å². The normalized spacial score (nSPS) is 26.0. The molecule has 0 amide bonds. The van der Waals surface area contributed by atoms with Gasteiger partial charge in [0.05, 0.1) is 17.5 Å². The lowest BCUT2D eigenvalue weighted by Gasteiger charge is -2.40. The minimum atomic E-state index is -3.16. The van der Waals surface area contributed by atoms with Crippen molar-refractivity contribution in [3.63, 3.8) is 0 Å². The van der Waals surface area contributed by atoms with Crippen LogP contribution in [0, 0.1) is 0 Å². The SMILES string of the molecule is CC1CN(S(=O)(=O)CCCCCl)CC(C)(C)O1. The van der Waals surface area contributed by atoms with Crippen molar-refractivity contribution in [1.29, 1.82) is 0 Å². The molecule has 0 N–H and O–H groups in total. The van der Waals surface area contributed by atoms with E-state index in [0.29, 0.717) is 25.4 Å². The first-order chi connectivity index (χ1) is 7.77. The Balaban J connectivity index is 2.64. The third-order valence-corrected chi connectivity index (χ3v) is 4.85. The maximum absolute atomic E-state index is 12.1. The van der Waals surface area contributed by atoms with Crippen LogP contribution in [0.25, 0.3) is 0 Å². The predicted molar refractivity (Wildman–Crippen MR) is 69.9 cm³/mol. The predicted octanol–water partition coefficient (Wildman–Crippen LogP) is 1.83. The highest BCUT2D eigenvalue weighted by atomic mass is 35.5. The zero-order chi connectivity index (χ0) is 13.1. The lowest BCUT2D eigenvalue weighted by atomic mass is 10.1. The summed E-state index contributed by atoms with van der Waals surface area (Å²) in [4.78, 5) is 0. The highest BCUT2D eigenvalue weighted by molar-refractivity contribution is 7.89. The van der Waals surface area contributed by atoms with E-state index >= 15 is 0 Å². The fraction of sp³-hybridized carbons (Fsp3) is 1.00. The summed E-state index contributed by atoms with van der Waals surface area (Å²) in [5, 5.41) is 0. The number of ether oxygens (including phenoxy) is 1. The quantitative estimate of drug-likeness (QED) is 0.571. The van der Waals surface area contributed by atoms with Crippen LogP contribution in [0.15, 0.2) is 0 Å². The summed E-state index contributed by atoms with van der Waals surface area (Å²) < 4.78 is 31.5. The zero-order valence-electron chi connectivity index (χ0n) is 10.8. The number of hydrogen-bond donors (Lipinski definition) is 0. The second kappa shape index (κ2) is 5.87. The molecular weight excluding hydrogens is 262 g/mol. The van der Waals surface area contributed by atoms with E-state index in [1.165, 1.54) is 0 Å². The molecule has 1 rings (SSSR count). The molecule has 0 aliphatic carbocycles. The molecule has 17 heavy (non-hydrogen) atoms. The van der Waals surface area contributed by atoms with E-state index in [-0.39, 0.29) is 11.9 Å². The van der Waals surface area contributed by atoms with Crippen molar-refractivity contribution in [2.75, 3.05) is 24.7 Å². The number of alkyl halides is 1. The van der Waals surface area contributed by atoms with Gasteiger partial charge in [0.15, 0.2) is 0 Å². The number of sulfonamides is 1. The molecule has 0 aromatic heterocycles. The summed E-state index contributed by atoms with van der Waals surface area (Å²) in [5.41, 5.74) is -0.406. The second-order valence-corrected chi connectivity index (χ2v) is 7.66. The van der Waals surface area contributed by atoms with Crippen LogP contribution < -0.4 is 0 Å². The van der Waals surface area contributed by atoms with Crippen LogP contribution in [-0.2, 0) is 14.8 Å². The zero-order valence-corrected chi connectivity index (χ0v) is 12.4. The average Bonchev–Trinajstić information content (AvgIpc) is 2.14. The van der Waals surface area contributed by atoms with Crippen LogP contribution in [0.2, 0.25) is 0 Å². The van der Waals surface area contributed by atoms with Crippen LogP contribution in [0.3, 0.4) is 0 Å². The molecule has 1 unspecified atom stereocenters. The second-order valence-electron chi connectivity index (χ2n) is 5.19. The van der Waals surface area contributed by atoms with Crippen molar-refractivity contribution in [1.82, 2.24) is 4.31 Å². The molecule has 6 heteroatoms. The minimum Gasteiger partial charge on any atom is -0.370 e. The molecule has 102 valence electrons. The van der Waals surface area contributed by atoms with Gasteiger partial charge in [-0.2, -0.15) is 4.31 Å². The van der Waals surface area contributed by atoms with Crippen LogP contribution >= 0.6 is 11.6 Å². The Morgan fingerprint density at radius 2 is 2.06 bits per heavy atom. The summed E-state index contributed by atoms with van der Waals surface area (Å²) in [7, 11) is -3.16. The summed E-state index contributed by atoms with van der Waals surface area (Å²) in [6.07, 6.45) is 1.31. The van der Waals surface area contributed by atoms with E-state index < -0.39 is 15.6 Å². The summed E-state index contributed by atoms with van der Waals surface area (Å²) in [5.74, 6) is 0.697. The lowest BCUT2D eigenvalue weighted by molar-refractivity contribution is -0.109.